The number of hydrogen-bond donors (Lipinski definition) is 1. The first-order valence-corrected chi connectivity index (χ1v) is 10.3. The fourth-order valence-corrected chi connectivity index (χ4v) is 5.04. The lowest BCUT2D eigenvalue weighted by Crippen LogP contribution is -2.47. The fourth-order valence-electron chi connectivity index (χ4n) is 3.60. The lowest BCUT2D eigenvalue weighted by atomic mass is 10.1. The highest BCUT2D eigenvalue weighted by Crippen LogP contribution is 2.27. The second-order valence-corrected chi connectivity index (χ2v) is 8.63. The van der Waals surface area contributed by atoms with E-state index in [2.05, 4.69) is 17.4 Å². The molecule has 1 aliphatic rings. The number of sulfonamides is 1. The van der Waals surface area contributed by atoms with Crippen molar-refractivity contribution in [3.8, 4) is 0 Å². The Morgan fingerprint density at radius 3 is 2.32 bits per heavy atom. The Labute approximate surface area is 150 Å². The van der Waals surface area contributed by atoms with Crippen LogP contribution in [0.5, 0.6) is 0 Å². The molecule has 0 amide bonds. The molecule has 0 aromatic heterocycles. The quantitative estimate of drug-likeness (QED) is 0.827. The second kappa shape index (κ2) is 8.13. The zero-order valence-electron chi connectivity index (χ0n) is 14.6. The van der Waals surface area contributed by atoms with E-state index in [1.54, 1.807) is 35.6 Å². The molecule has 2 aromatic carbocycles. The van der Waals surface area contributed by atoms with E-state index in [9.17, 15) is 8.42 Å². The fraction of sp³-hybridized carbons (Fsp3) is 0.400. The van der Waals surface area contributed by atoms with Crippen molar-refractivity contribution in [3.05, 3.63) is 66.2 Å². The number of nitrogens with zero attached hydrogens (tertiary/aromatic N) is 1. The predicted octanol–water partition coefficient (Wildman–Crippen LogP) is 3.06. The van der Waals surface area contributed by atoms with Crippen molar-refractivity contribution in [2.24, 2.45) is 0 Å². The molecule has 5 heteroatoms. The summed E-state index contributed by atoms with van der Waals surface area (Å²) in [6.45, 7) is 0.865. The number of nitrogens with one attached hydrogen (secondary N) is 1. The molecule has 0 aliphatic heterocycles. The van der Waals surface area contributed by atoms with E-state index in [0.29, 0.717) is 4.90 Å². The highest BCUT2D eigenvalue weighted by Gasteiger charge is 2.36. The first-order chi connectivity index (χ1) is 12.1. The Morgan fingerprint density at radius 1 is 1.00 bits per heavy atom. The van der Waals surface area contributed by atoms with Crippen molar-refractivity contribution in [1.82, 2.24) is 9.62 Å². The molecule has 1 fully saturated rings. The first-order valence-electron chi connectivity index (χ1n) is 8.89. The maximum Gasteiger partial charge on any atom is 0.243 e. The van der Waals surface area contributed by atoms with Crippen molar-refractivity contribution in [2.45, 2.75) is 42.7 Å². The minimum Gasteiger partial charge on any atom is -0.312 e. The Bertz CT molecular complexity index is 763. The van der Waals surface area contributed by atoms with Crippen molar-refractivity contribution in [2.75, 3.05) is 13.6 Å². The van der Waals surface area contributed by atoms with Crippen molar-refractivity contribution >= 4 is 10.0 Å². The van der Waals surface area contributed by atoms with Gasteiger partial charge in [0.2, 0.25) is 10.0 Å². The highest BCUT2D eigenvalue weighted by atomic mass is 32.2. The van der Waals surface area contributed by atoms with Crippen LogP contribution in [0.15, 0.2) is 65.6 Å². The van der Waals surface area contributed by atoms with Gasteiger partial charge in [-0.25, -0.2) is 8.42 Å². The molecule has 134 valence electrons. The van der Waals surface area contributed by atoms with E-state index in [4.69, 9.17) is 0 Å². The molecule has 1 N–H and O–H groups in total. The third-order valence-corrected chi connectivity index (χ3v) is 6.93. The predicted molar refractivity (Wildman–Crippen MR) is 101 cm³/mol. The Hall–Kier alpha value is -1.69. The summed E-state index contributed by atoms with van der Waals surface area (Å²) < 4.78 is 27.3. The van der Waals surface area contributed by atoms with E-state index in [1.165, 1.54) is 5.56 Å². The maximum atomic E-state index is 12.9. The summed E-state index contributed by atoms with van der Waals surface area (Å²) in [5.41, 5.74) is 1.30. The molecular formula is C20H26N2O2S. The molecule has 1 aliphatic carbocycles. The van der Waals surface area contributed by atoms with Gasteiger partial charge in [0.15, 0.2) is 0 Å². The molecule has 0 bridgehead atoms. The molecule has 25 heavy (non-hydrogen) atoms. The minimum atomic E-state index is -3.44. The summed E-state index contributed by atoms with van der Waals surface area (Å²) in [4.78, 5) is 0.368. The molecule has 1 saturated carbocycles. The van der Waals surface area contributed by atoms with Gasteiger partial charge in [0.1, 0.15) is 0 Å². The summed E-state index contributed by atoms with van der Waals surface area (Å²) in [5.74, 6) is 0. The SMILES string of the molecule is CN([C@@H]1CCC[C@H]1NCCc1ccccc1)S(=O)(=O)c1ccccc1. The summed E-state index contributed by atoms with van der Waals surface area (Å²) in [6.07, 6.45) is 3.95. The largest absolute Gasteiger partial charge is 0.312 e. The minimum absolute atomic E-state index is 0.0148. The molecule has 0 heterocycles. The smallest absolute Gasteiger partial charge is 0.243 e. The average molecular weight is 359 g/mol. The third kappa shape index (κ3) is 4.29. The van der Waals surface area contributed by atoms with Gasteiger partial charge in [0.05, 0.1) is 4.90 Å². The standard InChI is InChI=1S/C20H26N2O2S/c1-22(25(23,24)18-11-6-3-7-12-18)20-14-8-13-19(20)21-16-15-17-9-4-2-5-10-17/h2-7,9-12,19-21H,8,13-16H2,1H3/t19-,20-/m1/s1. The highest BCUT2D eigenvalue weighted by molar-refractivity contribution is 7.89. The van der Waals surface area contributed by atoms with Crippen LogP contribution in [0.4, 0.5) is 0 Å². The molecule has 0 unspecified atom stereocenters. The second-order valence-electron chi connectivity index (χ2n) is 6.63. The number of rotatable bonds is 7. The molecule has 0 saturated heterocycles. The van der Waals surface area contributed by atoms with Crippen LogP contribution in [-0.4, -0.2) is 38.4 Å². The lowest BCUT2D eigenvalue weighted by Gasteiger charge is -2.29. The molecule has 0 radical (unpaired) electrons. The van der Waals surface area contributed by atoms with E-state index < -0.39 is 10.0 Å². The number of hydrogen-bond acceptors (Lipinski definition) is 3. The van der Waals surface area contributed by atoms with Gasteiger partial charge in [-0.15, -0.1) is 0 Å². The molecule has 3 rings (SSSR count). The van der Waals surface area contributed by atoms with Crippen LogP contribution >= 0.6 is 0 Å². The van der Waals surface area contributed by atoms with Crippen molar-refractivity contribution < 1.29 is 8.42 Å². The van der Waals surface area contributed by atoms with Gasteiger partial charge in [-0.3, -0.25) is 0 Å². The van der Waals surface area contributed by atoms with Crippen LogP contribution in [0, 0.1) is 0 Å². The van der Waals surface area contributed by atoms with Crippen LogP contribution in [0.3, 0.4) is 0 Å². The van der Waals surface area contributed by atoms with Gasteiger partial charge in [-0.05, 0) is 43.5 Å². The van der Waals surface area contributed by atoms with Gasteiger partial charge >= 0.3 is 0 Å². The van der Waals surface area contributed by atoms with Gasteiger partial charge < -0.3 is 5.32 Å². The van der Waals surface area contributed by atoms with Gasteiger partial charge in [0, 0.05) is 19.1 Å². The molecule has 2 atom stereocenters. The van der Waals surface area contributed by atoms with Crippen LogP contribution in [0.2, 0.25) is 0 Å². The molecule has 0 spiro atoms. The van der Waals surface area contributed by atoms with Crippen LogP contribution in [-0.2, 0) is 16.4 Å². The molecule has 2 aromatic rings. The van der Waals surface area contributed by atoms with E-state index in [0.717, 1.165) is 32.2 Å². The number of benzene rings is 2. The average Bonchev–Trinajstić information content (AvgIpc) is 3.11. The van der Waals surface area contributed by atoms with Crippen molar-refractivity contribution in [1.29, 1.82) is 0 Å². The van der Waals surface area contributed by atoms with Crippen LogP contribution in [0.1, 0.15) is 24.8 Å². The molecular weight excluding hydrogens is 332 g/mol. The Balaban J connectivity index is 1.62. The normalized spacial score (nSPS) is 20.9. The summed E-state index contributed by atoms with van der Waals surface area (Å²) >= 11 is 0. The molecule has 4 nitrogen and oxygen atoms in total. The number of likely N-dealkylation sites (N-methyl/N-ethyl adjacent to an activating group) is 1. The maximum absolute atomic E-state index is 12.9. The topological polar surface area (TPSA) is 49.4 Å². The Morgan fingerprint density at radius 2 is 1.64 bits per heavy atom. The van der Waals surface area contributed by atoms with E-state index in [-0.39, 0.29) is 12.1 Å². The van der Waals surface area contributed by atoms with E-state index in [1.807, 2.05) is 24.3 Å². The van der Waals surface area contributed by atoms with E-state index >= 15 is 0 Å². The van der Waals surface area contributed by atoms with Crippen LogP contribution in [0.25, 0.3) is 0 Å². The van der Waals surface area contributed by atoms with Gasteiger partial charge in [-0.1, -0.05) is 55.0 Å². The first kappa shape index (κ1) is 18.1. The van der Waals surface area contributed by atoms with Gasteiger partial charge in [0.25, 0.3) is 0 Å². The monoisotopic (exact) mass is 358 g/mol. The zero-order chi connectivity index (χ0) is 17.7. The van der Waals surface area contributed by atoms with Crippen LogP contribution < -0.4 is 5.32 Å². The van der Waals surface area contributed by atoms with Crippen molar-refractivity contribution in [3.63, 3.8) is 0 Å². The zero-order valence-corrected chi connectivity index (χ0v) is 15.5. The Kier molecular flexibility index (Phi) is 5.89. The van der Waals surface area contributed by atoms with Gasteiger partial charge in [-0.2, -0.15) is 4.31 Å². The summed E-state index contributed by atoms with van der Waals surface area (Å²) in [6, 6.07) is 19.3. The lowest BCUT2D eigenvalue weighted by molar-refractivity contribution is 0.315. The summed E-state index contributed by atoms with van der Waals surface area (Å²) in [5, 5.41) is 3.58. The summed E-state index contributed by atoms with van der Waals surface area (Å²) in [7, 11) is -1.73. The third-order valence-electron chi connectivity index (χ3n) is 5.03.